The number of benzene rings is 2. The molecule has 1 atom stereocenters. The number of hydrogen-bond donors (Lipinski definition) is 0. The summed E-state index contributed by atoms with van der Waals surface area (Å²) in [5.74, 6) is 0.554. The van der Waals surface area contributed by atoms with Crippen LogP contribution in [0.25, 0.3) is 0 Å². The third kappa shape index (κ3) is 2.46. The molecular weight excluding hydrogens is 278 g/mol. The van der Waals surface area contributed by atoms with Crippen molar-refractivity contribution in [3.8, 4) is 5.75 Å². The van der Waals surface area contributed by atoms with E-state index in [4.69, 9.17) is 9.47 Å². The molecule has 114 valence electrons. The van der Waals surface area contributed by atoms with Gasteiger partial charge in [0.05, 0.1) is 18.8 Å². The number of carbonyl (C=O) groups is 1. The van der Waals surface area contributed by atoms with Gasteiger partial charge in [-0.2, -0.15) is 0 Å². The Kier molecular flexibility index (Phi) is 4.11. The van der Waals surface area contributed by atoms with Crippen LogP contribution in [0, 0.1) is 0 Å². The SMILES string of the molecule is COc1ccccc1C(=O)N1CCC(OC)c2ccccc21. The summed E-state index contributed by atoms with van der Waals surface area (Å²) < 4.78 is 10.8. The molecule has 0 bridgehead atoms. The zero-order valence-corrected chi connectivity index (χ0v) is 12.8. The molecule has 1 amide bonds. The highest BCUT2D eigenvalue weighted by atomic mass is 16.5. The second-order valence-electron chi connectivity index (χ2n) is 5.23. The van der Waals surface area contributed by atoms with Crippen molar-refractivity contribution in [2.24, 2.45) is 0 Å². The van der Waals surface area contributed by atoms with Gasteiger partial charge in [0, 0.05) is 24.9 Å². The first kappa shape index (κ1) is 14.6. The monoisotopic (exact) mass is 297 g/mol. The molecule has 4 nitrogen and oxygen atoms in total. The van der Waals surface area contributed by atoms with E-state index in [0.29, 0.717) is 17.9 Å². The molecule has 1 aliphatic rings. The molecule has 1 aliphatic heterocycles. The summed E-state index contributed by atoms with van der Waals surface area (Å²) in [6.07, 6.45) is 0.826. The van der Waals surface area contributed by atoms with Crippen LogP contribution in [-0.2, 0) is 4.74 Å². The van der Waals surface area contributed by atoms with Crippen molar-refractivity contribution in [1.82, 2.24) is 0 Å². The van der Waals surface area contributed by atoms with Gasteiger partial charge >= 0.3 is 0 Å². The summed E-state index contributed by atoms with van der Waals surface area (Å²) in [6.45, 7) is 0.631. The van der Waals surface area contributed by atoms with Crippen LogP contribution in [0.1, 0.15) is 28.4 Å². The smallest absolute Gasteiger partial charge is 0.262 e. The van der Waals surface area contributed by atoms with Crippen molar-refractivity contribution < 1.29 is 14.3 Å². The molecule has 2 aromatic carbocycles. The Hall–Kier alpha value is -2.33. The molecule has 0 spiro atoms. The molecule has 0 saturated carbocycles. The summed E-state index contributed by atoms with van der Waals surface area (Å²) >= 11 is 0. The lowest BCUT2D eigenvalue weighted by Gasteiger charge is -2.33. The first-order chi connectivity index (χ1) is 10.8. The minimum absolute atomic E-state index is 0.0397. The largest absolute Gasteiger partial charge is 0.496 e. The van der Waals surface area contributed by atoms with Crippen LogP contribution in [0.4, 0.5) is 5.69 Å². The molecule has 3 rings (SSSR count). The zero-order chi connectivity index (χ0) is 15.5. The molecule has 0 fully saturated rings. The topological polar surface area (TPSA) is 38.8 Å². The first-order valence-electron chi connectivity index (χ1n) is 7.33. The van der Waals surface area contributed by atoms with Gasteiger partial charge in [0.15, 0.2) is 0 Å². The summed E-state index contributed by atoms with van der Waals surface area (Å²) in [4.78, 5) is 14.8. The number of carbonyl (C=O) groups excluding carboxylic acids is 1. The van der Waals surface area contributed by atoms with Crippen LogP contribution in [0.5, 0.6) is 5.75 Å². The zero-order valence-electron chi connectivity index (χ0n) is 12.8. The molecular formula is C18H19NO3. The van der Waals surface area contributed by atoms with Crippen LogP contribution in [0.2, 0.25) is 0 Å². The molecule has 2 aromatic rings. The molecule has 0 aromatic heterocycles. The minimum Gasteiger partial charge on any atom is -0.496 e. The van der Waals surface area contributed by atoms with E-state index >= 15 is 0 Å². The van der Waals surface area contributed by atoms with Crippen molar-refractivity contribution in [3.05, 3.63) is 59.7 Å². The van der Waals surface area contributed by atoms with Gasteiger partial charge in [0.2, 0.25) is 0 Å². The van der Waals surface area contributed by atoms with Gasteiger partial charge in [0.1, 0.15) is 5.75 Å². The number of rotatable bonds is 3. The summed E-state index contributed by atoms with van der Waals surface area (Å²) in [5.41, 5.74) is 2.55. The van der Waals surface area contributed by atoms with Gasteiger partial charge in [-0.15, -0.1) is 0 Å². The lowest BCUT2D eigenvalue weighted by Crippen LogP contribution is -2.37. The fourth-order valence-corrected chi connectivity index (χ4v) is 2.95. The summed E-state index contributed by atoms with van der Waals surface area (Å²) in [7, 11) is 3.29. The van der Waals surface area contributed by atoms with Crippen LogP contribution in [0.15, 0.2) is 48.5 Å². The Balaban J connectivity index is 2.00. The van der Waals surface area contributed by atoms with Crippen molar-refractivity contribution >= 4 is 11.6 Å². The van der Waals surface area contributed by atoms with Gasteiger partial charge in [0.25, 0.3) is 5.91 Å². The molecule has 0 saturated heterocycles. The second-order valence-corrected chi connectivity index (χ2v) is 5.23. The number of hydrogen-bond acceptors (Lipinski definition) is 3. The number of fused-ring (bicyclic) bond motifs is 1. The Morgan fingerprint density at radius 1 is 1.09 bits per heavy atom. The average molecular weight is 297 g/mol. The van der Waals surface area contributed by atoms with Crippen LogP contribution >= 0.6 is 0 Å². The number of anilines is 1. The maximum atomic E-state index is 12.9. The van der Waals surface area contributed by atoms with Crippen molar-refractivity contribution in [2.45, 2.75) is 12.5 Å². The molecule has 1 heterocycles. The fraction of sp³-hybridized carbons (Fsp3) is 0.278. The van der Waals surface area contributed by atoms with Gasteiger partial charge in [-0.25, -0.2) is 0 Å². The maximum absolute atomic E-state index is 12.9. The maximum Gasteiger partial charge on any atom is 0.262 e. The van der Waals surface area contributed by atoms with Gasteiger partial charge < -0.3 is 14.4 Å². The van der Waals surface area contributed by atoms with Gasteiger partial charge in [-0.1, -0.05) is 30.3 Å². The van der Waals surface area contributed by atoms with Crippen LogP contribution in [0.3, 0.4) is 0 Å². The Morgan fingerprint density at radius 3 is 2.59 bits per heavy atom. The first-order valence-corrected chi connectivity index (χ1v) is 7.33. The van der Waals surface area contributed by atoms with E-state index in [1.54, 1.807) is 26.4 Å². The number of nitrogens with zero attached hydrogens (tertiary/aromatic N) is 1. The van der Waals surface area contributed by atoms with Gasteiger partial charge in [-0.3, -0.25) is 4.79 Å². The highest BCUT2D eigenvalue weighted by molar-refractivity contribution is 6.08. The van der Waals surface area contributed by atoms with E-state index in [9.17, 15) is 4.79 Å². The van der Waals surface area contributed by atoms with E-state index in [2.05, 4.69) is 0 Å². The average Bonchev–Trinajstić information content (AvgIpc) is 2.60. The molecule has 4 heteroatoms. The van der Waals surface area contributed by atoms with E-state index in [1.807, 2.05) is 41.3 Å². The third-order valence-electron chi connectivity index (χ3n) is 4.06. The number of ether oxygens (including phenoxy) is 2. The Labute approximate surface area is 130 Å². The van der Waals surface area contributed by atoms with Crippen molar-refractivity contribution in [2.75, 3.05) is 25.7 Å². The standard InChI is InChI=1S/C18H19NO3/c1-21-16-10-6-4-8-14(16)18(20)19-12-11-17(22-2)13-7-3-5-9-15(13)19/h3-10,17H,11-12H2,1-2H3. The highest BCUT2D eigenvalue weighted by Crippen LogP contribution is 2.36. The summed E-state index contributed by atoms with van der Waals surface area (Å²) in [5, 5.41) is 0. The highest BCUT2D eigenvalue weighted by Gasteiger charge is 2.29. The predicted molar refractivity (Wildman–Crippen MR) is 85.5 cm³/mol. The Bertz CT molecular complexity index is 684. The third-order valence-corrected chi connectivity index (χ3v) is 4.06. The normalized spacial score (nSPS) is 17.0. The second kappa shape index (κ2) is 6.20. The molecule has 0 radical (unpaired) electrons. The Morgan fingerprint density at radius 2 is 1.82 bits per heavy atom. The van der Waals surface area contributed by atoms with Gasteiger partial charge in [-0.05, 0) is 24.6 Å². The lowest BCUT2D eigenvalue weighted by atomic mass is 9.97. The van der Waals surface area contributed by atoms with Crippen LogP contribution < -0.4 is 9.64 Å². The minimum atomic E-state index is -0.0422. The predicted octanol–water partition coefficient (Wildman–Crippen LogP) is 3.43. The summed E-state index contributed by atoms with van der Waals surface area (Å²) in [6, 6.07) is 15.2. The van der Waals surface area contributed by atoms with E-state index in [0.717, 1.165) is 17.7 Å². The fourth-order valence-electron chi connectivity index (χ4n) is 2.95. The molecule has 0 N–H and O–H groups in total. The van der Waals surface area contributed by atoms with Crippen molar-refractivity contribution in [1.29, 1.82) is 0 Å². The van der Waals surface area contributed by atoms with Crippen LogP contribution in [-0.4, -0.2) is 26.7 Å². The molecule has 0 aliphatic carbocycles. The van der Waals surface area contributed by atoms with Crippen molar-refractivity contribution in [3.63, 3.8) is 0 Å². The number of amides is 1. The number of para-hydroxylation sites is 2. The van der Waals surface area contributed by atoms with E-state index in [1.165, 1.54) is 0 Å². The molecule has 22 heavy (non-hydrogen) atoms. The van der Waals surface area contributed by atoms with E-state index < -0.39 is 0 Å². The van der Waals surface area contributed by atoms with E-state index in [-0.39, 0.29) is 12.0 Å². The molecule has 1 unspecified atom stereocenters. The lowest BCUT2D eigenvalue weighted by molar-refractivity contribution is 0.0867. The quantitative estimate of drug-likeness (QED) is 0.871. The number of methoxy groups -OCH3 is 2.